The van der Waals surface area contributed by atoms with Gasteiger partial charge >= 0.3 is 0 Å². The van der Waals surface area contributed by atoms with Crippen molar-refractivity contribution in [3.05, 3.63) is 75.8 Å². The van der Waals surface area contributed by atoms with Gasteiger partial charge in [0.1, 0.15) is 0 Å². The third-order valence-corrected chi connectivity index (χ3v) is 6.15. The van der Waals surface area contributed by atoms with Gasteiger partial charge in [-0.25, -0.2) is 4.98 Å². The first-order valence-electron chi connectivity index (χ1n) is 11.1. The second-order valence-corrected chi connectivity index (χ2v) is 8.19. The average Bonchev–Trinajstić information content (AvgIpc) is 2.83. The summed E-state index contributed by atoms with van der Waals surface area (Å²) >= 11 is 0. The number of para-hydroxylation sites is 1. The monoisotopic (exact) mass is 432 g/mol. The fourth-order valence-corrected chi connectivity index (χ4v) is 4.10. The van der Waals surface area contributed by atoms with Gasteiger partial charge in [0.15, 0.2) is 0 Å². The predicted molar refractivity (Wildman–Crippen MR) is 124 cm³/mol. The fraction of sp³-hybridized carbons (Fsp3) is 0.360. The average molecular weight is 433 g/mol. The molecule has 0 unspecified atom stereocenters. The Morgan fingerprint density at radius 2 is 1.66 bits per heavy atom. The van der Waals surface area contributed by atoms with Crippen molar-refractivity contribution in [1.29, 1.82) is 0 Å². The van der Waals surface area contributed by atoms with Crippen LogP contribution in [0.25, 0.3) is 10.9 Å². The molecule has 2 heterocycles. The second-order valence-electron chi connectivity index (χ2n) is 8.19. The van der Waals surface area contributed by atoms with Crippen molar-refractivity contribution in [2.75, 3.05) is 26.2 Å². The molecule has 2 amide bonds. The molecule has 4 rings (SSSR count). The maximum absolute atomic E-state index is 12.7. The molecule has 0 saturated carbocycles. The minimum absolute atomic E-state index is 0.00355. The molecule has 3 aromatic rings. The summed E-state index contributed by atoms with van der Waals surface area (Å²) in [6.45, 7) is 6.32. The summed E-state index contributed by atoms with van der Waals surface area (Å²) in [6, 6.07) is 13.2. The lowest BCUT2D eigenvalue weighted by Crippen LogP contribution is -2.50. The molecule has 0 spiro atoms. The number of hydrogen-bond acceptors (Lipinski definition) is 4. The van der Waals surface area contributed by atoms with E-state index in [9.17, 15) is 14.4 Å². The zero-order chi connectivity index (χ0) is 22.7. The molecule has 0 atom stereocenters. The Kier molecular flexibility index (Phi) is 6.35. The lowest BCUT2D eigenvalue weighted by atomic mass is 10.1. The maximum atomic E-state index is 12.7. The Morgan fingerprint density at radius 1 is 0.969 bits per heavy atom. The zero-order valence-corrected chi connectivity index (χ0v) is 18.6. The van der Waals surface area contributed by atoms with Crippen LogP contribution in [-0.2, 0) is 17.8 Å². The number of benzene rings is 2. The van der Waals surface area contributed by atoms with Crippen LogP contribution in [0.5, 0.6) is 0 Å². The predicted octanol–water partition coefficient (Wildman–Crippen LogP) is 2.64. The number of piperazine rings is 1. The normalized spacial score (nSPS) is 14.1. The lowest BCUT2D eigenvalue weighted by molar-refractivity contribution is -0.132. The number of carbonyl (C=O) groups is 2. The molecule has 1 aliphatic heterocycles. The SMILES string of the molecule is CCc1ccc(C(=O)N2CCN(C(=O)CCn3cnc4c(C)cccc4c3=O)CC2)cc1. The van der Waals surface area contributed by atoms with E-state index in [2.05, 4.69) is 11.9 Å². The van der Waals surface area contributed by atoms with Gasteiger partial charge in [-0.15, -0.1) is 0 Å². The van der Waals surface area contributed by atoms with Crippen molar-refractivity contribution >= 4 is 22.7 Å². The first kappa shape index (κ1) is 21.7. The highest BCUT2D eigenvalue weighted by atomic mass is 16.2. The van der Waals surface area contributed by atoms with Gasteiger partial charge in [0.25, 0.3) is 11.5 Å². The smallest absolute Gasteiger partial charge is 0.261 e. The number of rotatable bonds is 5. The van der Waals surface area contributed by atoms with E-state index < -0.39 is 0 Å². The van der Waals surface area contributed by atoms with Gasteiger partial charge in [-0.05, 0) is 42.7 Å². The highest BCUT2D eigenvalue weighted by molar-refractivity contribution is 5.94. The molecule has 7 nitrogen and oxygen atoms in total. The molecule has 1 aromatic heterocycles. The first-order chi connectivity index (χ1) is 15.5. The highest BCUT2D eigenvalue weighted by Crippen LogP contribution is 2.13. The van der Waals surface area contributed by atoms with E-state index in [-0.39, 0.29) is 30.3 Å². The minimum Gasteiger partial charge on any atom is -0.339 e. The number of aromatic nitrogens is 2. The quantitative estimate of drug-likeness (QED) is 0.621. The third kappa shape index (κ3) is 4.42. The molecule has 0 aliphatic carbocycles. The Morgan fingerprint density at radius 3 is 2.34 bits per heavy atom. The molecule has 2 aromatic carbocycles. The number of hydrogen-bond donors (Lipinski definition) is 0. The van der Waals surface area contributed by atoms with Crippen LogP contribution in [0.4, 0.5) is 0 Å². The van der Waals surface area contributed by atoms with Gasteiger partial charge in [-0.3, -0.25) is 19.0 Å². The van der Waals surface area contributed by atoms with E-state index in [1.54, 1.807) is 15.9 Å². The van der Waals surface area contributed by atoms with E-state index in [0.717, 1.165) is 12.0 Å². The van der Waals surface area contributed by atoms with Crippen LogP contribution in [-0.4, -0.2) is 57.3 Å². The molecule has 7 heteroatoms. The van der Waals surface area contributed by atoms with Gasteiger partial charge in [0.05, 0.1) is 17.2 Å². The Balaban J connectivity index is 1.33. The van der Waals surface area contributed by atoms with E-state index in [4.69, 9.17) is 0 Å². The van der Waals surface area contributed by atoms with Crippen molar-refractivity contribution in [3.63, 3.8) is 0 Å². The fourth-order valence-electron chi connectivity index (χ4n) is 4.10. The molecule has 0 N–H and O–H groups in total. The van der Waals surface area contributed by atoms with Gasteiger partial charge in [0.2, 0.25) is 5.91 Å². The standard InChI is InChI=1S/C25H28N4O3/c1-3-19-7-9-20(10-8-19)24(31)28-15-13-27(14-16-28)22(30)11-12-29-17-26-23-18(2)5-4-6-21(23)25(29)32/h4-10,17H,3,11-16H2,1-2H3. The van der Waals surface area contributed by atoms with E-state index in [1.807, 2.05) is 43.3 Å². The summed E-state index contributed by atoms with van der Waals surface area (Å²) < 4.78 is 1.50. The van der Waals surface area contributed by atoms with Crippen LogP contribution >= 0.6 is 0 Å². The molecule has 0 radical (unpaired) electrons. The van der Waals surface area contributed by atoms with E-state index in [0.29, 0.717) is 42.6 Å². The Bertz CT molecular complexity index is 1190. The van der Waals surface area contributed by atoms with Crippen LogP contribution < -0.4 is 5.56 Å². The van der Waals surface area contributed by atoms with Crippen LogP contribution in [0.2, 0.25) is 0 Å². The highest BCUT2D eigenvalue weighted by Gasteiger charge is 2.24. The van der Waals surface area contributed by atoms with Crippen molar-refractivity contribution < 1.29 is 9.59 Å². The number of carbonyl (C=O) groups excluding carboxylic acids is 2. The Labute approximate surface area is 187 Å². The van der Waals surface area contributed by atoms with Crippen LogP contribution in [0.15, 0.2) is 53.6 Å². The van der Waals surface area contributed by atoms with Crippen LogP contribution in [0.1, 0.15) is 34.8 Å². The number of fused-ring (bicyclic) bond motifs is 1. The molecule has 0 bridgehead atoms. The number of aryl methyl sites for hydroxylation is 3. The molecular formula is C25H28N4O3. The zero-order valence-electron chi connectivity index (χ0n) is 18.6. The number of nitrogens with zero attached hydrogens (tertiary/aromatic N) is 4. The van der Waals surface area contributed by atoms with Crippen molar-refractivity contribution in [2.45, 2.75) is 33.2 Å². The maximum Gasteiger partial charge on any atom is 0.261 e. The summed E-state index contributed by atoms with van der Waals surface area (Å²) in [6.07, 6.45) is 2.69. The van der Waals surface area contributed by atoms with Crippen molar-refractivity contribution in [1.82, 2.24) is 19.4 Å². The molecular weight excluding hydrogens is 404 g/mol. The largest absolute Gasteiger partial charge is 0.339 e. The molecule has 1 fully saturated rings. The topological polar surface area (TPSA) is 75.5 Å². The van der Waals surface area contributed by atoms with Crippen molar-refractivity contribution in [3.8, 4) is 0 Å². The van der Waals surface area contributed by atoms with Crippen molar-refractivity contribution in [2.24, 2.45) is 0 Å². The summed E-state index contributed by atoms with van der Waals surface area (Å²) in [5.74, 6) is -0.00975. The van der Waals surface area contributed by atoms with Gasteiger partial charge in [-0.2, -0.15) is 0 Å². The molecule has 32 heavy (non-hydrogen) atoms. The molecule has 166 valence electrons. The van der Waals surface area contributed by atoms with Crippen LogP contribution in [0.3, 0.4) is 0 Å². The van der Waals surface area contributed by atoms with Gasteiger partial charge in [-0.1, -0.05) is 31.2 Å². The summed E-state index contributed by atoms with van der Waals surface area (Å²) in [7, 11) is 0. The Hall–Kier alpha value is -3.48. The summed E-state index contributed by atoms with van der Waals surface area (Å²) in [5.41, 5.74) is 3.41. The van der Waals surface area contributed by atoms with Gasteiger partial charge < -0.3 is 9.80 Å². The minimum atomic E-state index is -0.129. The van der Waals surface area contributed by atoms with Crippen LogP contribution in [0, 0.1) is 6.92 Å². The second kappa shape index (κ2) is 9.34. The lowest BCUT2D eigenvalue weighted by Gasteiger charge is -2.35. The third-order valence-electron chi connectivity index (χ3n) is 6.15. The molecule has 1 aliphatic rings. The summed E-state index contributed by atoms with van der Waals surface area (Å²) in [4.78, 5) is 46.1. The molecule has 1 saturated heterocycles. The number of amides is 2. The van der Waals surface area contributed by atoms with E-state index >= 15 is 0 Å². The van der Waals surface area contributed by atoms with Gasteiger partial charge in [0, 0.05) is 44.7 Å². The van der Waals surface area contributed by atoms with E-state index in [1.165, 1.54) is 16.5 Å². The summed E-state index contributed by atoms with van der Waals surface area (Å²) in [5, 5.41) is 0.569. The first-order valence-corrected chi connectivity index (χ1v) is 11.1.